The molecule has 0 atom stereocenters. The highest BCUT2D eigenvalue weighted by Crippen LogP contribution is 2.21. The molecule has 0 spiro atoms. The van der Waals surface area contributed by atoms with E-state index in [0.717, 1.165) is 5.56 Å². The van der Waals surface area contributed by atoms with Crippen molar-refractivity contribution in [3.05, 3.63) is 28.8 Å². The molecule has 0 aliphatic carbocycles. The summed E-state index contributed by atoms with van der Waals surface area (Å²) in [6.45, 7) is 6.69. The first-order chi connectivity index (χ1) is 7.99. The van der Waals surface area contributed by atoms with Gasteiger partial charge in [-0.25, -0.2) is 0 Å². The van der Waals surface area contributed by atoms with Crippen molar-refractivity contribution in [2.24, 2.45) is 5.92 Å². The Morgan fingerprint density at radius 2 is 2.18 bits per heavy atom. The van der Waals surface area contributed by atoms with Crippen LogP contribution in [0.4, 0.5) is 0 Å². The van der Waals surface area contributed by atoms with Gasteiger partial charge in [-0.3, -0.25) is 4.79 Å². The summed E-state index contributed by atoms with van der Waals surface area (Å²) >= 11 is 5.83. The van der Waals surface area contributed by atoms with Gasteiger partial charge in [0.05, 0.1) is 0 Å². The largest absolute Gasteiger partial charge is 0.484 e. The number of nitrogens with one attached hydrogen (secondary N) is 1. The number of amides is 1. The predicted octanol–water partition coefficient (Wildman–Crippen LogP) is 2.80. The first-order valence-corrected chi connectivity index (χ1v) is 6.02. The van der Waals surface area contributed by atoms with E-state index >= 15 is 0 Å². The Bertz CT molecular complexity index is 391. The van der Waals surface area contributed by atoms with E-state index in [1.807, 2.05) is 26.8 Å². The fourth-order valence-electron chi connectivity index (χ4n) is 1.29. The Morgan fingerprint density at radius 3 is 2.76 bits per heavy atom. The maximum atomic E-state index is 11.4. The topological polar surface area (TPSA) is 38.3 Å². The summed E-state index contributed by atoms with van der Waals surface area (Å²) in [6, 6.07) is 5.33. The molecule has 0 unspecified atom stereocenters. The lowest BCUT2D eigenvalue weighted by atomic mass is 10.2. The number of hydrogen-bond donors (Lipinski definition) is 1. The van der Waals surface area contributed by atoms with Gasteiger partial charge in [0.25, 0.3) is 5.91 Å². The number of benzene rings is 1. The summed E-state index contributed by atoms with van der Waals surface area (Å²) in [4.78, 5) is 11.4. The van der Waals surface area contributed by atoms with E-state index in [-0.39, 0.29) is 12.5 Å². The van der Waals surface area contributed by atoms with Crippen LogP contribution in [0.2, 0.25) is 5.02 Å². The number of carbonyl (C=O) groups is 1. The van der Waals surface area contributed by atoms with E-state index in [2.05, 4.69) is 5.32 Å². The maximum Gasteiger partial charge on any atom is 0.257 e. The van der Waals surface area contributed by atoms with E-state index in [1.54, 1.807) is 12.1 Å². The third-order valence-corrected chi connectivity index (χ3v) is 2.44. The van der Waals surface area contributed by atoms with Gasteiger partial charge in [0, 0.05) is 11.6 Å². The van der Waals surface area contributed by atoms with E-state index in [1.165, 1.54) is 0 Å². The molecule has 1 N–H and O–H groups in total. The van der Waals surface area contributed by atoms with Gasteiger partial charge in [0.2, 0.25) is 0 Å². The first kappa shape index (κ1) is 13.8. The van der Waals surface area contributed by atoms with Crippen LogP contribution in [0.15, 0.2) is 18.2 Å². The lowest BCUT2D eigenvalue weighted by molar-refractivity contribution is -0.123. The van der Waals surface area contributed by atoms with Crippen molar-refractivity contribution < 1.29 is 9.53 Å². The number of aryl methyl sites for hydroxylation is 1. The number of ether oxygens (including phenoxy) is 1. The SMILES string of the molecule is Cc1cc(Cl)ccc1OCC(=O)NCC(C)C. The van der Waals surface area contributed by atoms with Gasteiger partial charge in [-0.1, -0.05) is 25.4 Å². The molecule has 1 aromatic carbocycles. The van der Waals surface area contributed by atoms with Crippen molar-refractivity contribution in [1.29, 1.82) is 0 Å². The molecule has 0 fully saturated rings. The molecule has 3 nitrogen and oxygen atoms in total. The molecule has 0 heterocycles. The van der Waals surface area contributed by atoms with Crippen LogP contribution >= 0.6 is 11.6 Å². The standard InChI is InChI=1S/C13H18ClNO2/c1-9(2)7-15-13(16)8-17-12-5-4-11(14)6-10(12)3/h4-6,9H,7-8H2,1-3H3,(H,15,16). The lowest BCUT2D eigenvalue weighted by Gasteiger charge is -2.10. The van der Waals surface area contributed by atoms with Crippen LogP contribution in [0.5, 0.6) is 5.75 Å². The Hall–Kier alpha value is -1.22. The number of halogens is 1. The fraction of sp³-hybridized carbons (Fsp3) is 0.462. The molecule has 17 heavy (non-hydrogen) atoms. The molecule has 0 aliphatic rings. The molecule has 0 aliphatic heterocycles. The highest BCUT2D eigenvalue weighted by molar-refractivity contribution is 6.30. The third kappa shape index (κ3) is 5.09. The first-order valence-electron chi connectivity index (χ1n) is 5.64. The Labute approximate surface area is 107 Å². The molecule has 0 saturated heterocycles. The summed E-state index contributed by atoms with van der Waals surface area (Å²) in [6.07, 6.45) is 0. The fourth-order valence-corrected chi connectivity index (χ4v) is 1.51. The molecule has 0 aromatic heterocycles. The van der Waals surface area contributed by atoms with Crippen LogP contribution in [0, 0.1) is 12.8 Å². The van der Waals surface area contributed by atoms with Crippen molar-refractivity contribution in [2.75, 3.05) is 13.2 Å². The van der Waals surface area contributed by atoms with Crippen molar-refractivity contribution in [2.45, 2.75) is 20.8 Å². The van der Waals surface area contributed by atoms with Crippen LogP contribution in [0.25, 0.3) is 0 Å². The van der Waals surface area contributed by atoms with Crippen molar-refractivity contribution in [3.8, 4) is 5.75 Å². The zero-order valence-electron chi connectivity index (χ0n) is 10.4. The number of hydrogen-bond acceptors (Lipinski definition) is 2. The maximum absolute atomic E-state index is 11.4. The van der Waals surface area contributed by atoms with Crippen LogP contribution < -0.4 is 10.1 Å². The smallest absolute Gasteiger partial charge is 0.257 e. The normalized spacial score (nSPS) is 10.4. The zero-order valence-corrected chi connectivity index (χ0v) is 11.2. The zero-order chi connectivity index (χ0) is 12.8. The molecule has 4 heteroatoms. The summed E-state index contributed by atoms with van der Waals surface area (Å²) in [7, 11) is 0. The van der Waals surface area contributed by atoms with Crippen molar-refractivity contribution >= 4 is 17.5 Å². The number of rotatable bonds is 5. The minimum atomic E-state index is -0.104. The third-order valence-electron chi connectivity index (χ3n) is 2.20. The molecular weight excluding hydrogens is 238 g/mol. The Balaban J connectivity index is 2.42. The highest BCUT2D eigenvalue weighted by Gasteiger charge is 2.05. The van der Waals surface area contributed by atoms with Gasteiger partial charge < -0.3 is 10.1 Å². The van der Waals surface area contributed by atoms with E-state index in [4.69, 9.17) is 16.3 Å². The monoisotopic (exact) mass is 255 g/mol. The summed E-state index contributed by atoms with van der Waals surface area (Å²) in [5.74, 6) is 1.03. The van der Waals surface area contributed by atoms with E-state index in [9.17, 15) is 4.79 Å². The second-order valence-corrected chi connectivity index (χ2v) is 4.83. The van der Waals surface area contributed by atoms with Crippen LogP contribution in [-0.2, 0) is 4.79 Å². The van der Waals surface area contributed by atoms with Gasteiger partial charge in [0.15, 0.2) is 6.61 Å². The molecule has 0 saturated carbocycles. The predicted molar refractivity (Wildman–Crippen MR) is 69.5 cm³/mol. The van der Waals surface area contributed by atoms with Crippen LogP contribution in [-0.4, -0.2) is 19.1 Å². The van der Waals surface area contributed by atoms with E-state index < -0.39 is 0 Å². The average Bonchev–Trinajstić information content (AvgIpc) is 2.25. The summed E-state index contributed by atoms with van der Waals surface area (Å²) in [5.41, 5.74) is 0.925. The van der Waals surface area contributed by atoms with Gasteiger partial charge in [-0.05, 0) is 36.6 Å². The molecule has 94 valence electrons. The minimum absolute atomic E-state index is 0.0369. The number of carbonyl (C=O) groups excluding carboxylic acids is 1. The van der Waals surface area contributed by atoms with Crippen LogP contribution in [0.3, 0.4) is 0 Å². The van der Waals surface area contributed by atoms with Gasteiger partial charge in [-0.15, -0.1) is 0 Å². The van der Waals surface area contributed by atoms with Crippen LogP contribution in [0.1, 0.15) is 19.4 Å². The molecule has 1 amide bonds. The Morgan fingerprint density at radius 1 is 1.47 bits per heavy atom. The van der Waals surface area contributed by atoms with Crippen molar-refractivity contribution in [1.82, 2.24) is 5.32 Å². The van der Waals surface area contributed by atoms with E-state index in [0.29, 0.717) is 23.2 Å². The molecule has 0 radical (unpaired) electrons. The second kappa shape index (κ2) is 6.50. The summed E-state index contributed by atoms with van der Waals surface area (Å²) < 4.78 is 5.42. The quantitative estimate of drug-likeness (QED) is 0.879. The van der Waals surface area contributed by atoms with Gasteiger partial charge in [-0.2, -0.15) is 0 Å². The molecule has 0 bridgehead atoms. The van der Waals surface area contributed by atoms with Gasteiger partial charge >= 0.3 is 0 Å². The lowest BCUT2D eigenvalue weighted by Crippen LogP contribution is -2.31. The van der Waals surface area contributed by atoms with Crippen molar-refractivity contribution in [3.63, 3.8) is 0 Å². The molecule has 1 aromatic rings. The second-order valence-electron chi connectivity index (χ2n) is 4.40. The molecule has 1 rings (SSSR count). The average molecular weight is 256 g/mol. The highest BCUT2D eigenvalue weighted by atomic mass is 35.5. The minimum Gasteiger partial charge on any atom is -0.484 e. The summed E-state index contributed by atoms with van der Waals surface area (Å²) in [5, 5.41) is 3.46. The van der Waals surface area contributed by atoms with Gasteiger partial charge in [0.1, 0.15) is 5.75 Å². The molecular formula is C13H18ClNO2. The Kier molecular flexibility index (Phi) is 5.29.